The Kier molecular flexibility index (Phi) is 19.5. The summed E-state index contributed by atoms with van der Waals surface area (Å²) >= 11 is 17.4. The van der Waals surface area contributed by atoms with Gasteiger partial charge >= 0.3 is 12.4 Å². The molecule has 0 unspecified atom stereocenters. The highest BCUT2D eigenvalue weighted by atomic mass is 35.5. The Morgan fingerprint density at radius 3 is 1.52 bits per heavy atom. The number of carboxylic acid groups (broad SMARTS) is 1. The largest absolute Gasteiger partial charge is 0.478 e. The van der Waals surface area contributed by atoms with Crippen LogP contribution in [0.4, 0.5) is 20.2 Å². The summed E-state index contributed by atoms with van der Waals surface area (Å²) < 4.78 is 38.3. The normalized spacial score (nSPS) is 12.9. The number of nitrogens with two attached hydrogens (primary N) is 1. The van der Waals surface area contributed by atoms with Crippen molar-refractivity contribution >= 4 is 96.0 Å². The fourth-order valence-electron chi connectivity index (χ4n) is 6.89. The van der Waals surface area contributed by atoms with E-state index >= 15 is 0 Å². The van der Waals surface area contributed by atoms with E-state index in [2.05, 4.69) is 16.0 Å². The SMILES string of the molecule is CC(C)(C)NC(=O)C(=O)c1c(Cl)c(C(=O)O)c2n1CCCC2.Cc1cc(N)ccc1F.Cc1cc(NC(=O)c2c(Cl)c(C(=O)C(=O)NC(C)(C)C)n3c2CCCC3)ccc1F.O=P[B]Cl. The third kappa shape index (κ3) is 14.7. The van der Waals surface area contributed by atoms with Crippen LogP contribution < -0.4 is 21.7 Å². The molecule has 4 heterocycles. The quantitative estimate of drug-likeness (QED) is 0.0374. The highest BCUT2D eigenvalue weighted by molar-refractivity contribution is 7.70. The van der Waals surface area contributed by atoms with E-state index in [-0.39, 0.29) is 52.5 Å². The zero-order valence-corrected chi connectivity index (χ0v) is 40.5. The number of carbonyl (C=O) groups excluding carboxylic acids is 5. The van der Waals surface area contributed by atoms with Crippen molar-refractivity contribution in [1.29, 1.82) is 0 Å². The summed E-state index contributed by atoms with van der Waals surface area (Å²) in [5.74, 6) is -5.36. The lowest BCUT2D eigenvalue weighted by Gasteiger charge is -2.21. The van der Waals surface area contributed by atoms with Crippen LogP contribution in [0, 0.1) is 25.5 Å². The number of nitrogens with zero attached hydrogens (tertiary/aromatic N) is 2. The fourth-order valence-corrected chi connectivity index (χ4v) is 7.65. The van der Waals surface area contributed by atoms with Crippen molar-refractivity contribution in [3.8, 4) is 0 Å². The second kappa shape index (κ2) is 23.4. The van der Waals surface area contributed by atoms with Gasteiger partial charge in [-0.05, 0) is 141 Å². The monoisotopic (exact) mass is 977 g/mol. The van der Waals surface area contributed by atoms with Gasteiger partial charge in [-0.15, -0.1) is 0 Å². The molecule has 0 aliphatic carbocycles. The van der Waals surface area contributed by atoms with Crippen LogP contribution in [0.1, 0.15) is 131 Å². The molecular formula is C44H52BCl3F2N6O8P. The van der Waals surface area contributed by atoms with Gasteiger partial charge in [-0.1, -0.05) is 23.2 Å². The number of carbonyl (C=O) groups is 6. The van der Waals surface area contributed by atoms with Crippen LogP contribution in [0.25, 0.3) is 0 Å². The first kappa shape index (κ1) is 54.2. The molecule has 14 nitrogen and oxygen atoms in total. The number of aromatic carboxylic acids is 1. The molecule has 2 aromatic heterocycles. The standard InChI is InChI=1S/C22H25ClFN3O3.C15H19ClN2O4.C7H8FN.BClOP/c1-12-11-13(8-9-14(12)24)25-20(29)16-15-7-5-6-10-27(15)18(17(16)23)19(28)21(30)26-22(2,3)4;1-15(2,3)17-13(20)12(19)11-10(16)9(14(21)22)8-6-4-5-7-18(8)11;1-5-4-6(9)2-3-7(5)8;2-1-4-3/h8-9,11H,5-7,10H2,1-4H3,(H,25,29)(H,26,30);4-7H2,1-3H3,(H,17,20)(H,21,22);2-4H,9H2,1H3;. The Morgan fingerprint density at radius 2 is 1.14 bits per heavy atom. The lowest BCUT2D eigenvalue weighted by molar-refractivity contribution is -0.119. The maximum atomic E-state index is 13.5. The van der Waals surface area contributed by atoms with Crippen LogP contribution >= 0.6 is 43.0 Å². The van der Waals surface area contributed by atoms with Crippen LogP contribution in [-0.2, 0) is 40.1 Å². The molecule has 349 valence electrons. The molecule has 2 aliphatic heterocycles. The number of hydrogen-bond acceptors (Lipinski definition) is 8. The van der Waals surface area contributed by atoms with Gasteiger partial charge in [0.25, 0.3) is 29.3 Å². The predicted molar refractivity (Wildman–Crippen MR) is 250 cm³/mol. The van der Waals surface area contributed by atoms with Gasteiger partial charge in [-0.2, -0.15) is 11.5 Å². The number of hydrogen-bond donors (Lipinski definition) is 5. The molecule has 0 spiro atoms. The van der Waals surface area contributed by atoms with Gasteiger partial charge < -0.3 is 35.9 Å². The van der Waals surface area contributed by atoms with Gasteiger partial charge in [-0.25, -0.2) is 13.6 Å². The number of ketones is 2. The smallest absolute Gasteiger partial charge is 0.361 e. The minimum atomic E-state index is -1.18. The zero-order valence-electron chi connectivity index (χ0n) is 37.3. The Labute approximate surface area is 393 Å². The van der Waals surface area contributed by atoms with Gasteiger partial charge in [0.2, 0.25) is 0 Å². The summed E-state index contributed by atoms with van der Waals surface area (Å²) in [6.07, 6.45) is 5.44. The first-order valence-electron chi connectivity index (χ1n) is 20.4. The molecule has 4 aromatic rings. The van der Waals surface area contributed by atoms with Crippen molar-refractivity contribution in [2.24, 2.45) is 0 Å². The summed E-state index contributed by atoms with van der Waals surface area (Å²) in [5, 5.41) is 17.1. The third-order valence-corrected chi connectivity index (χ3v) is 10.7. The van der Waals surface area contributed by atoms with Crippen molar-refractivity contribution in [1.82, 2.24) is 19.8 Å². The number of nitrogens with one attached hydrogen (secondary N) is 3. The van der Waals surface area contributed by atoms with Crippen LogP contribution in [0.2, 0.25) is 10.0 Å². The zero-order chi connectivity index (χ0) is 49.1. The second-order valence-electron chi connectivity index (χ2n) is 17.2. The first-order chi connectivity index (χ1) is 30.2. The number of nitrogen functional groups attached to an aromatic ring is 1. The van der Waals surface area contributed by atoms with Gasteiger partial charge in [0.05, 0.1) is 21.2 Å². The highest BCUT2D eigenvalue weighted by Gasteiger charge is 2.36. The van der Waals surface area contributed by atoms with Crippen molar-refractivity contribution in [3.63, 3.8) is 0 Å². The molecule has 21 heteroatoms. The number of amides is 3. The molecule has 6 rings (SSSR count). The molecule has 65 heavy (non-hydrogen) atoms. The van der Waals surface area contributed by atoms with Crippen molar-refractivity contribution in [2.75, 3.05) is 11.1 Å². The molecule has 1 radical (unpaired) electrons. The van der Waals surface area contributed by atoms with Gasteiger partial charge in [0.15, 0.2) is 0 Å². The van der Waals surface area contributed by atoms with Crippen LogP contribution in [0.15, 0.2) is 36.4 Å². The molecule has 2 aliphatic rings. The van der Waals surface area contributed by atoms with E-state index < -0.39 is 46.3 Å². The van der Waals surface area contributed by atoms with Crippen molar-refractivity contribution in [2.45, 2.75) is 118 Å². The first-order valence-corrected chi connectivity index (χ1v) is 22.4. The summed E-state index contributed by atoms with van der Waals surface area (Å²) in [5.41, 5.74) is 7.52. The summed E-state index contributed by atoms with van der Waals surface area (Å²) in [7, 11) is -0.111. The number of aryl methyl sites for hydroxylation is 2. The van der Waals surface area contributed by atoms with E-state index in [4.69, 9.17) is 45.0 Å². The Balaban J connectivity index is 0.000000278. The van der Waals surface area contributed by atoms with E-state index in [0.29, 0.717) is 59.8 Å². The van der Waals surface area contributed by atoms with Crippen LogP contribution in [-0.4, -0.2) is 67.0 Å². The average molecular weight is 979 g/mol. The molecule has 0 bridgehead atoms. The molecule has 0 saturated carbocycles. The number of Topliss-reactive ketones (excluding diaryl/α,β-unsaturated/α-hetero) is 2. The second-order valence-corrected chi connectivity index (χ2v) is 18.9. The lowest BCUT2D eigenvalue weighted by atomic mass is 10.1. The molecule has 0 fully saturated rings. The van der Waals surface area contributed by atoms with Crippen molar-refractivity contribution in [3.05, 3.63) is 103 Å². The molecule has 3 amide bonds. The van der Waals surface area contributed by atoms with E-state index in [1.165, 1.54) is 24.3 Å². The number of fused-ring (bicyclic) bond motifs is 2. The van der Waals surface area contributed by atoms with E-state index in [1.54, 1.807) is 76.7 Å². The number of halogens is 5. The number of rotatable bonds is 8. The summed E-state index contributed by atoms with van der Waals surface area (Å²) in [6, 6.07) is 8.77. The maximum Gasteiger partial charge on any atom is 0.361 e. The predicted octanol–water partition coefficient (Wildman–Crippen LogP) is 9.32. The molecule has 0 atom stereocenters. The molecule has 2 aromatic carbocycles. The van der Waals surface area contributed by atoms with Crippen molar-refractivity contribution < 1.29 is 47.2 Å². The number of benzene rings is 2. The topological polar surface area (TPSA) is 212 Å². The van der Waals surface area contributed by atoms with Gasteiger partial charge in [0.1, 0.15) is 31.4 Å². The Morgan fingerprint density at radius 1 is 0.723 bits per heavy atom. The maximum absolute atomic E-state index is 13.5. The average Bonchev–Trinajstić information content (AvgIpc) is 3.69. The minimum absolute atomic E-state index is 0.0180. The van der Waals surface area contributed by atoms with E-state index in [0.717, 1.165) is 32.1 Å². The fraction of sp³-hybridized carbons (Fsp3) is 0.409. The van der Waals surface area contributed by atoms with E-state index in [1.807, 2.05) is 0 Å². The van der Waals surface area contributed by atoms with E-state index in [9.17, 15) is 42.7 Å². The van der Waals surface area contributed by atoms with Crippen LogP contribution in [0.5, 0.6) is 0 Å². The highest BCUT2D eigenvalue weighted by Crippen LogP contribution is 2.35. The molecule has 6 N–H and O–H groups in total. The number of aromatic nitrogens is 2. The third-order valence-electron chi connectivity index (χ3n) is 9.61. The minimum Gasteiger partial charge on any atom is -0.478 e. The molecule has 0 saturated heterocycles. The van der Waals surface area contributed by atoms with Gasteiger partial charge in [0, 0.05) is 46.9 Å². The van der Waals surface area contributed by atoms with Gasteiger partial charge in [-0.3, -0.25) is 28.5 Å². The Bertz CT molecular complexity index is 2480. The summed E-state index contributed by atoms with van der Waals surface area (Å²) in [6.45, 7) is 14.9. The number of anilines is 2. The molecular weight excluding hydrogens is 927 g/mol. The number of carboxylic acids is 1. The van der Waals surface area contributed by atoms with Crippen LogP contribution in [0.3, 0.4) is 0 Å². The summed E-state index contributed by atoms with van der Waals surface area (Å²) in [4.78, 5) is 74.3. The lowest BCUT2D eigenvalue weighted by Crippen LogP contribution is -2.44. The Hall–Kier alpha value is -5.09.